The van der Waals surface area contributed by atoms with Crippen molar-refractivity contribution in [2.45, 2.75) is 13.3 Å². The first-order chi connectivity index (χ1) is 9.35. The van der Waals surface area contributed by atoms with Gasteiger partial charge in [-0.15, -0.1) is 0 Å². The zero-order chi connectivity index (χ0) is 14.8. The monoisotopic (exact) mass is 300 g/mol. The molecule has 0 aromatic heterocycles. The molecule has 1 aromatic rings. The SMILES string of the molecule is Cc1ccc(F)cc1NC(=O)NCC1CCS(=O)(=O)C1. The molecule has 1 aromatic carbocycles. The lowest BCUT2D eigenvalue weighted by molar-refractivity contribution is 0.250. The third-order valence-electron chi connectivity index (χ3n) is 3.33. The minimum absolute atomic E-state index is 0.0423. The maximum absolute atomic E-state index is 13.1. The van der Waals surface area contributed by atoms with E-state index in [-0.39, 0.29) is 17.4 Å². The second-order valence-electron chi connectivity index (χ2n) is 5.06. The number of urea groups is 1. The van der Waals surface area contributed by atoms with Gasteiger partial charge in [0, 0.05) is 12.2 Å². The van der Waals surface area contributed by atoms with Gasteiger partial charge in [0.15, 0.2) is 9.84 Å². The number of rotatable bonds is 3. The number of carbonyl (C=O) groups excluding carboxylic acids is 1. The molecule has 2 rings (SSSR count). The predicted molar refractivity (Wildman–Crippen MR) is 74.9 cm³/mol. The van der Waals surface area contributed by atoms with Crippen LogP contribution in [0.2, 0.25) is 0 Å². The molecule has 5 nitrogen and oxygen atoms in total. The summed E-state index contributed by atoms with van der Waals surface area (Å²) in [6.07, 6.45) is 0.571. The third kappa shape index (κ3) is 3.93. The maximum atomic E-state index is 13.1. The number of nitrogens with one attached hydrogen (secondary N) is 2. The van der Waals surface area contributed by atoms with Crippen LogP contribution in [0.25, 0.3) is 0 Å². The van der Waals surface area contributed by atoms with E-state index in [1.54, 1.807) is 13.0 Å². The van der Waals surface area contributed by atoms with E-state index in [0.29, 0.717) is 18.7 Å². The van der Waals surface area contributed by atoms with Crippen LogP contribution in [0.5, 0.6) is 0 Å². The van der Waals surface area contributed by atoms with Crippen molar-refractivity contribution in [2.24, 2.45) is 5.92 Å². The van der Waals surface area contributed by atoms with Crippen molar-refractivity contribution in [1.29, 1.82) is 0 Å². The van der Waals surface area contributed by atoms with E-state index >= 15 is 0 Å². The Balaban J connectivity index is 1.85. The summed E-state index contributed by atoms with van der Waals surface area (Å²) in [5.41, 5.74) is 1.16. The molecule has 2 N–H and O–H groups in total. The number of sulfone groups is 1. The number of amides is 2. The molecule has 1 fully saturated rings. The highest BCUT2D eigenvalue weighted by Gasteiger charge is 2.27. The van der Waals surface area contributed by atoms with E-state index in [1.165, 1.54) is 12.1 Å². The second kappa shape index (κ2) is 5.78. The zero-order valence-electron chi connectivity index (χ0n) is 11.1. The standard InChI is InChI=1S/C13H17FN2O3S/c1-9-2-3-11(14)6-12(9)16-13(17)15-7-10-4-5-20(18,19)8-10/h2-3,6,10H,4-5,7-8H2,1H3,(H2,15,16,17). The molecule has 0 saturated carbocycles. The smallest absolute Gasteiger partial charge is 0.319 e. The summed E-state index contributed by atoms with van der Waals surface area (Å²) in [5.74, 6) is -0.164. The predicted octanol–water partition coefficient (Wildman–Crippen LogP) is 1.69. The highest BCUT2D eigenvalue weighted by molar-refractivity contribution is 7.91. The number of hydrogen-bond donors (Lipinski definition) is 2. The maximum Gasteiger partial charge on any atom is 0.319 e. The van der Waals surface area contributed by atoms with Crippen molar-refractivity contribution in [3.05, 3.63) is 29.6 Å². The summed E-state index contributed by atoms with van der Waals surface area (Å²) >= 11 is 0. The lowest BCUT2D eigenvalue weighted by atomic mass is 10.1. The Morgan fingerprint density at radius 3 is 2.85 bits per heavy atom. The summed E-state index contributed by atoms with van der Waals surface area (Å²) in [7, 11) is -2.94. The first-order valence-corrected chi connectivity index (χ1v) is 8.19. The van der Waals surface area contributed by atoms with Gasteiger partial charge in [0.2, 0.25) is 0 Å². The molecule has 20 heavy (non-hydrogen) atoms. The molecule has 0 radical (unpaired) electrons. The van der Waals surface area contributed by atoms with Crippen molar-refractivity contribution in [2.75, 3.05) is 23.4 Å². The average molecular weight is 300 g/mol. The number of aryl methyl sites for hydroxylation is 1. The number of carbonyl (C=O) groups is 1. The summed E-state index contributed by atoms with van der Waals surface area (Å²) < 4.78 is 35.7. The van der Waals surface area contributed by atoms with Crippen molar-refractivity contribution in [1.82, 2.24) is 5.32 Å². The van der Waals surface area contributed by atoms with Crippen molar-refractivity contribution < 1.29 is 17.6 Å². The van der Waals surface area contributed by atoms with Gasteiger partial charge in [-0.2, -0.15) is 0 Å². The Morgan fingerprint density at radius 1 is 1.45 bits per heavy atom. The van der Waals surface area contributed by atoms with E-state index < -0.39 is 21.7 Å². The second-order valence-corrected chi connectivity index (χ2v) is 7.29. The molecule has 1 aliphatic heterocycles. The molecule has 7 heteroatoms. The lowest BCUT2D eigenvalue weighted by Crippen LogP contribution is -2.33. The van der Waals surface area contributed by atoms with Gasteiger partial charge in [-0.05, 0) is 37.0 Å². The van der Waals surface area contributed by atoms with Gasteiger partial charge in [0.05, 0.1) is 11.5 Å². The topological polar surface area (TPSA) is 75.3 Å². The molecule has 0 aliphatic carbocycles. The fraction of sp³-hybridized carbons (Fsp3) is 0.462. The number of anilines is 1. The number of benzene rings is 1. The van der Waals surface area contributed by atoms with Crippen LogP contribution in [0.15, 0.2) is 18.2 Å². The van der Waals surface area contributed by atoms with Crippen LogP contribution in [0.4, 0.5) is 14.9 Å². The Labute approximate surface area is 117 Å². The van der Waals surface area contributed by atoms with Crippen LogP contribution in [0.1, 0.15) is 12.0 Å². The van der Waals surface area contributed by atoms with Gasteiger partial charge < -0.3 is 10.6 Å². The Morgan fingerprint density at radius 2 is 2.20 bits per heavy atom. The van der Waals surface area contributed by atoms with E-state index in [2.05, 4.69) is 10.6 Å². The van der Waals surface area contributed by atoms with Gasteiger partial charge >= 0.3 is 6.03 Å². The molecule has 0 spiro atoms. The van der Waals surface area contributed by atoms with Gasteiger partial charge in [0.1, 0.15) is 5.82 Å². The van der Waals surface area contributed by atoms with Crippen LogP contribution in [-0.2, 0) is 9.84 Å². The van der Waals surface area contributed by atoms with E-state index in [0.717, 1.165) is 5.56 Å². The lowest BCUT2D eigenvalue weighted by Gasteiger charge is -2.12. The van der Waals surface area contributed by atoms with Crippen molar-refractivity contribution in [3.8, 4) is 0 Å². The van der Waals surface area contributed by atoms with Crippen molar-refractivity contribution >= 4 is 21.6 Å². The summed E-state index contributed by atoms with van der Waals surface area (Å²) in [4.78, 5) is 11.7. The molecular formula is C13H17FN2O3S. The molecule has 1 unspecified atom stereocenters. The molecule has 0 bridgehead atoms. The quantitative estimate of drug-likeness (QED) is 0.892. The van der Waals surface area contributed by atoms with Crippen LogP contribution < -0.4 is 10.6 Å². The fourth-order valence-corrected chi connectivity index (χ4v) is 4.03. The molecule has 1 heterocycles. The number of halogens is 1. The fourth-order valence-electron chi connectivity index (χ4n) is 2.17. The summed E-state index contributed by atoms with van der Waals surface area (Å²) in [5, 5.41) is 5.18. The first-order valence-electron chi connectivity index (χ1n) is 6.37. The van der Waals surface area contributed by atoms with E-state index in [9.17, 15) is 17.6 Å². The average Bonchev–Trinajstić information content (AvgIpc) is 2.71. The van der Waals surface area contributed by atoms with Gasteiger partial charge in [0.25, 0.3) is 0 Å². The van der Waals surface area contributed by atoms with Crippen LogP contribution in [0.3, 0.4) is 0 Å². The van der Waals surface area contributed by atoms with E-state index in [1.807, 2.05) is 0 Å². The third-order valence-corrected chi connectivity index (χ3v) is 5.16. The van der Waals surface area contributed by atoms with Gasteiger partial charge in [-0.25, -0.2) is 17.6 Å². The Bertz CT molecular complexity index is 616. The summed E-state index contributed by atoms with van der Waals surface area (Å²) in [6, 6.07) is 3.69. The first kappa shape index (κ1) is 14.8. The molecule has 110 valence electrons. The van der Waals surface area contributed by atoms with Crippen LogP contribution in [-0.4, -0.2) is 32.5 Å². The Hall–Kier alpha value is -1.63. The largest absolute Gasteiger partial charge is 0.338 e. The highest BCUT2D eigenvalue weighted by atomic mass is 32.2. The molecular weight excluding hydrogens is 283 g/mol. The minimum atomic E-state index is -2.94. The highest BCUT2D eigenvalue weighted by Crippen LogP contribution is 2.18. The normalized spacial score (nSPS) is 20.6. The number of hydrogen-bond acceptors (Lipinski definition) is 3. The summed E-state index contributed by atoms with van der Waals surface area (Å²) in [6.45, 7) is 2.07. The molecule has 2 amide bonds. The van der Waals surface area contributed by atoms with Crippen molar-refractivity contribution in [3.63, 3.8) is 0 Å². The Kier molecular flexibility index (Phi) is 4.27. The minimum Gasteiger partial charge on any atom is -0.338 e. The molecule has 1 atom stereocenters. The molecule has 1 saturated heterocycles. The van der Waals surface area contributed by atoms with E-state index in [4.69, 9.17) is 0 Å². The van der Waals surface area contributed by atoms with Crippen LogP contribution >= 0.6 is 0 Å². The van der Waals surface area contributed by atoms with Crippen LogP contribution in [0, 0.1) is 18.7 Å². The zero-order valence-corrected chi connectivity index (χ0v) is 12.0. The van der Waals surface area contributed by atoms with Gasteiger partial charge in [-0.3, -0.25) is 0 Å². The van der Waals surface area contributed by atoms with Gasteiger partial charge in [-0.1, -0.05) is 6.07 Å². The molecule has 1 aliphatic rings.